The minimum absolute atomic E-state index is 0.0196. The van der Waals surface area contributed by atoms with Gasteiger partial charge in [-0.1, -0.05) is 72.3 Å². The molecule has 6 nitrogen and oxygen atoms in total. The first kappa shape index (κ1) is 31.1. The van der Waals surface area contributed by atoms with Crippen molar-refractivity contribution in [2.45, 2.75) is 49.7 Å². The van der Waals surface area contributed by atoms with E-state index in [1.165, 1.54) is 28.0 Å². The average molecular weight is 617 g/mol. The summed E-state index contributed by atoms with van der Waals surface area (Å²) >= 11 is 0. The Hall–Kier alpha value is -3.35. The van der Waals surface area contributed by atoms with E-state index in [9.17, 15) is 22.9 Å². The lowest BCUT2D eigenvalue weighted by molar-refractivity contribution is -0.155. The molecule has 1 heterocycles. The molecule has 4 aromatic rings. The zero-order valence-corrected chi connectivity index (χ0v) is 25.9. The molecule has 1 saturated carbocycles. The van der Waals surface area contributed by atoms with Crippen LogP contribution in [0.2, 0.25) is 0 Å². The average Bonchev–Trinajstić information content (AvgIpc) is 3.83. The van der Waals surface area contributed by atoms with E-state index >= 15 is 0 Å². The largest absolute Gasteiger partial charge is 0.744 e. The van der Waals surface area contributed by atoms with Crippen molar-refractivity contribution in [3.63, 3.8) is 0 Å². The second-order valence-corrected chi connectivity index (χ2v) is 16.2. The van der Waals surface area contributed by atoms with Crippen LogP contribution in [-0.2, 0) is 19.6 Å². The highest BCUT2D eigenvalue weighted by molar-refractivity contribution is 7.95. The van der Waals surface area contributed by atoms with Crippen molar-refractivity contribution >= 4 is 39.3 Å². The summed E-state index contributed by atoms with van der Waals surface area (Å²) in [7, 11) is -6.33. The van der Waals surface area contributed by atoms with Crippen molar-refractivity contribution in [3.8, 4) is 0 Å². The summed E-state index contributed by atoms with van der Waals surface area (Å²) in [6.07, 6.45) is 3.54. The van der Waals surface area contributed by atoms with Crippen LogP contribution in [0, 0.1) is 18.8 Å². The molecule has 4 atom stereocenters. The molecule has 0 bridgehead atoms. The molecular weight excluding hydrogens is 579 g/mol. The molecule has 43 heavy (non-hydrogen) atoms. The summed E-state index contributed by atoms with van der Waals surface area (Å²) in [5, 5.41) is 15.4. The van der Waals surface area contributed by atoms with Crippen molar-refractivity contribution < 1.29 is 27.6 Å². The molecule has 0 radical (unpaired) electrons. The third kappa shape index (κ3) is 7.42. The van der Waals surface area contributed by atoms with Crippen molar-refractivity contribution in [3.05, 3.63) is 121 Å². The van der Waals surface area contributed by atoms with E-state index in [4.69, 9.17) is 4.74 Å². The van der Waals surface area contributed by atoms with Crippen molar-refractivity contribution in [2.24, 2.45) is 11.8 Å². The van der Waals surface area contributed by atoms with E-state index < -0.39 is 23.5 Å². The Morgan fingerprint density at radius 1 is 0.837 bits per heavy atom. The fraction of sp³-hybridized carbons (Fsp3) is 0.286. The van der Waals surface area contributed by atoms with Crippen LogP contribution in [0.15, 0.2) is 120 Å². The standard InChI is InChI=1S/C28H30O3P.C7H8O3S/c29-26(24-19-25(24)27-17-10-18-28(30)31-27)20-32(21-11-4-1-5-12-21,22-13-6-2-7-14-22)23-15-8-3-9-16-23;1-6-2-4-7(5-3-6)11(8,9)10/h1-9,11-16,24-27,29H,10,17-20H2;2-5H,1H3,(H,8,9,10)/q+1;/p-1/t24-,25-,26+,27+;/m0./s1. The minimum Gasteiger partial charge on any atom is -0.744 e. The highest BCUT2D eigenvalue weighted by Crippen LogP contribution is 2.59. The van der Waals surface area contributed by atoms with E-state index in [1.54, 1.807) is 12.1 Å². The van der Waals surface area contributed by atoms with E-state index in [2.05, 4.69) is 91.0 Å². The molecular formula is C35H37O6PS. The van der Waals surface area contributed by atoms with Gasteiger partial charge in [-0.3, -0.25) is 4.79 Å². The van der Waals surface area contributed by atoms with Gasteiger partial charge in [-0.2, -0.15) is 0 Å². The topological polar surface area (TPSA) is 104 Å². The van der Waals surface area contributed by atoms with Gasteiger partial charge in [-0.15, -0.1) is 0 Å². The van der Waals surface area contributed by atoms with Gasteiger partial charge < -0.3 is 14.4 Å². The zero-order valence-electron chi connectivity index (χ0n) is 24.2. The SMILES string of the molecule is Cc1ccc(S(=O)(=O)[O-])cc1.O=C1CCC[C@H]([C@H]2C[C@@H]2[C@H](O)C[P+](c2ccccc2)(c2ccccc2)c2ccccc2)O1. The highest BCUT2D eigenvalue weighted by Gasteiger charge is 2.54. The zero-order chi connectivity index (χ0) is 30.5. The molecule has 2 aliphatic rings. The van der Waals surface area contributed by atoms with Gasteiger partial charge >= 0.3 is 5.97 Å². The van der Waals surface area contributed by atoms with Crippen LogP contribution < -0.4 is 15.9 Å². The summed E-state index contributed by atoms with van der Waals surface area (Å²) in [5.74, 6) is 0.404. The van der Waals surface area contributed by atoms with Crippen molar-refractivity contribution in [1.82, 2.24) is 0 Å². The predicted molar refractivity (Wildman–Crippen MR) is 170 cm³/mol. The van der Waals surface area contributed by atoms with Crippen LogP contribution >= 0.6 is 7.26 Å². The Labute approximate surface area is 254 Å². The second-order valence-electron chi connectivity index (χ2n) is 11.3. The third-order valence-electron chi connectivity index (χ3n) is 8.38. The molecule has 4 aromatic carbocycles. The number of hydrogen-bond donors (Lipinski definition) is 1. The summed E-state index contributed by atoms with van der Waals surface area (Å²) in [5.41, 5.74) is 0.928. The van der Waals surface area contributed by atoms with E-state index in [1.807, 2.05) is 6.92 Å². The highest BCUT2D eigenvalue weighted by atomic mass is 32.2. The lowest BCUT2D eigenvalue weighted by Gasteiger charge is -2.30. The molecule has 2 fully saturated rings. The Balaban J connectivity index is 0.000000283. The van der Waals surface area contributed by atoms with Crippen molar-refractivity contribution in [1.29, 1.82) is 0 Å². The molecule has 0 unspecified atom stereocenters. The fourth-order valence-corrected chi connectivity index (χ4v) is 10.9. The molecule has 0 amide bonds. The van der Waals surface area contributed by atoms with Crippen LogP contribution in [0.5, 0.6) is 0 Å². The Kier molecular flexibility index (Phi) is 9.78. The van der Waals surface area contributed by atoms with Gasteiger partial charge in [0.2, 0.25) is 0 Å². The maximum Gasteiger partial charge on any atom is 0.306 e. The van der Waals surface area contributed by atoms with Crippen LogP contribution in [0.1, 0.15) is 31.2 Å². The van der Waals surface area contributed by atoms with Gasteiger partial charge in [0.05, 0.1) is 17.2 Å². The summed E-state index contributed by atoms with van der Waals surface area (Å²) < 4.78 is 36.8. The predicted octanol–water partition coefficient (Wildman–Crippen LogP) is 4.97. The molecule has 1 N–H and O–H groups in total. The first-order valence-corrected chi connectivity index (χ1v) is 18.0. The van der Waals surface area contributed by atoms with Gasteiger partial charge in [0.15, 0.2) is 0 Å². The van der Waals surface area contributed by atoms with E-state index in [0.717, 1.165) is 24.8 Å². The number of rotatable bonds is 8. The van der Waals surface area contributed by atoms with Crippen LogP contribution in [0.4, 0.5) is 0 Å². The number of esters is 1. The summed E-state index contributed by atoms with van der Waals surface area (Å²) in [4.78, 5) is 11.6. The van der Waals surface area contributed by atoms with E-state index in [0.29, 0.717) is 18.5 Å². The number of carbonyl (C=O) groups excluding carboxylic acids is 1. The van der Waals surface area contributed by atoms with Crippen molar-refractivity contribution in [2.75, 3.05) is 6.16 Å². The normalized spacial score (nSPS) is 20.7. The minimum atomic E-state index is -4.27. The Morgan fingerprint density at radius 2 is 1.33 bits per heavy atom. The Bertz CT molecular complexity index is 1500. The second kappa shape index (κ2) is 13.5. The molecule has 0 spiro atoms. The monoisotopic (exact) mass is 616 g/mol. The lowest BCUT2D eigenvalue weighted by atomic mass is 10.0. The smallest absolute Gasteiger partial charge is 0.306 e. The molecule has 224 valence electrons. The molecule has 1 aliphatic carbocycles. The van der Waals surface area contributed by atoms with Gasteiger partial charge in [0, 0.05) is 12.3 Å². The van der Waals surface area contributed by atoms with Crippen LogP contribution in [0.25, 0.3) is 0 Å². The number of aryl methyl sites for hydroxylation is 1. The van der Waals surface area contributed by atoms with E-state index in [-0.39, 0.29) is 22.9 Å². The number of aliphatic hydroxyl groups is 1. The number of cyclic esters (lactones) is 1. The first-order chi connectivity index (χ1) is 20.7. The molecule has 1 aliphatic heterocycles. The number of benzene rings is 4. The molecule has 6 rings (SSSR count). The molecule has 8 heteroatoms. The number of aliphatic hydroxyl groups excluding tert-OH is 1. The molecule has 0 aromatic heterocycles. The van der Waals surface area contributed by atoms with Gasteiger partial charge in [-0.05, 0) is 80.6 Å². The van der Waals surface area contributed by atoms with Gasteiger partial charge in [0.1, 0.15) is 39.4 Å². The maximum absolute atomic E-state index is 11.8. The quantitative estimate of drug-likeness (QED) is 0.170. The third-order valence-corrected chi connectivity index (χ3v) is 13.7. The summed E-state index contributed by atoms with van der Waals surface area (Å²) in [6, 6.07) is 37.8. The molecule has 1 saturated heterocycles. The van der Waals surface area contributed by atoms with Crippen LogP contribution in [-0.4, -0.2) is 42.4 Å². The summed E-state index contributed by atoms with van der Waals surface area (Å²) in [6.45, 7) is 1.82. The number of hydrogen-bond acceptors (Lipinski definition) is 6. The number of ether oxygens (including phenoxy) is 1. The number of carbonyl (C=O) groups is 1. The maximum atomic E-state index is 11.8. The fourth-order valence-electron chi connectivity index (χ4n) is 6.07. The van der Waals surface area contributed by atoms with Crippen LogP contribution in [0.3, 0.4) is 0 Å². The van der Waals surface area contributed by atoms with Gasteiger partial charge in [0.25, 0.3) is 0 Å². The Morgan fingerprint density at radius 3 is 1.77 bits per heavy atom. The van der Waals surface area contributed by atoms with Gasteiger partial charge in [-0.25, -0.2) is 8.42 Å². The lowest BCUT2D eigenvalue weighted by Crippen LogP contribution is -2.38. The first-order valence-electron chi connectivity index (χ1n) is 14.6.